The number of carbonyl (C=O) groups excluding carboxylic acids is 1. The Morgan fingerprint density at radius 2 is 2.10 bits per heavy atom. The van der Waals surface area contributed by atoms with Gasteiger partial charge in [0.1, 0.15) is 4.90 Å². The topological polar surface area (TPSA) is 89.3 Å². The van der Waals surface area contributed by atoms with Crippen molar-refractivity contribution >= 4 is 43.5 Å². The molecule has 0 aliphatic heterocycles. The Balaban J connectivity index is 2.31. The highest BCUT2D eigenvalue weighted by atomic mass is 79.9. The number of hydrogen-bond acceptors (Lipinski definition) is 3. The molecule has 0 aromatic heterocycles. The Bertz CT molecular complexity index is 678. The van der Waals surface area contributed by atoms with E-state index in [-0.39, 0.29) is 27.4 Å². The van der Waals surface area contributed by atoms with Crippen LogP contribution in [0.2, 0.25) is 5.02 Å². The molecular weight excluding hydrogens is 380 g/mol. The first kappa shape index (κ1) is 16.7. The van der Waals surface area contributed by atoms with Gasteiger partial charge >= 0.3 is 0 Å². The van der Waals surface area contributed by atoms with Gasteiger partial charge in [-0.3, -0.25) is 4.79 Å². The number of nitrogens with one attached hydrogen (secondary N) is 1. The minimum Gasteiger partial charge on any atom is -0.349 e. The van der Waals surface area contributed by atoms with E-state index in [9.17, 15) is 13.2 Å². The van der Waals surface area contributed by atoms with E-state index in [1.165, 1.54) is 12.1 Å². The second-order valence-electron chi connectivity index (χ2n) is 5.40. The molecule has 1 aliphatic rings. The lowest BCUT2D eigenvalue weighted by molar-refractivity contribution is 0.0937. The van der Waals surface area contributed by atoms with Crippen molar-refractivity contribution in [2.75, 3.05) is 0 Å². The van der Waals surface area contributed by atoms with Crippen LogP contribution in [0.5, 0.6) is 0 Å². The normalized spacial score (nSPS) is 22.3. The number of halogens is 2. The van der Waals surface area contributed by atoms with Crippen molar-refractivity contribution in [2.24, 2.45) is 11.1 Å². The van der Waals surface area contributed by atoms with Crippen molar-refractivity contribution in [3.05, 3.63) is 27.2 Å². The molecule has 1 aliphatic carbocycles. The molecular formula is C13H16BrClN2O3S. The van der Waals surface area contributed by atoms with Crippen LogP contribution in [0.15, 0.2) is 21.5 Å². The zero-order valence-corrected chi connectivity index (χ0v) is 14.6. The highest BCUT2D eigenvalue weighted by molar-refractivity contribution is 9.10. The van der Waals surface area contributed by atoms with E-state index < -0.39 is 10.0 Å². The minimum atomic E-state index is -3.99. The fraction of sp³-hybridized carbons (Fsp3) is 0.462. The predicted molar refractivity (Wildman–Crippen MR) is 84.8 cm³/mol. The Hall–Kier alpha value is -0.630. The first-order valence-electron chi connectivity index (χ1n) is 6.51. The Kier molecular flexibility index (Phi) is 4.97. The molecule has 116 valence electrons. The molecule has 0 spiro atoms. The van der Waals surface area contributed by atoms with E-state index in [0.29, 0.717) is 10.4 Å². The summed E-state index contributed by atoms with van der Waals surface area (Å²) in [6.07, 6.45) is 2.90. The predicted octanol–water partition coefficient (Wildman–Crippen LogP) is 2.67. The zero-order valence-electron chi connectivity index (χ0n) is 11.4. The van der Waals surface area contributed by atoms with Crippen LogP contribution < -0.4 is 10.5 Å². The summed E-state index contributed by atoms with van der Waals surface area (Å²) in [7, 11) is -3.99. The van der Waals surface area contributed by atoms with Gasteiger partial charge in [-0.05, 0) is 37.3 Å². The van der Waals surface area contributed by atoms with Crippen molar-refractivity contribution in [3.8, 4) is 0 Å². The maximum Gasteiger partial charge on any atom is 0.253 e. The SMILES string of the molecule is CC1CCC(NC(=O)c2cc(Br)cc(S(N)(=O)=O)c2Cl)C1. The fourth-order valence-electron chi connectivity index (χ4n) is 2.54. The quantitative estimate of drug-likeness (QED) is 0.824. The van der Waals surface area contributed by atoms with E-state index in [4.69, 9.17) is 16.7 Å². The van der Waals surface area contributed by atoms with E-state index in [1.807, 2.05) is 0 Å². The van der Waals surface area contributed by atoms with Gasteiger partial charge in [0.15, 0.2) is 0 Å². The number of nitrogens with two attached hydrogens (primary N) is 1. The first-order chi connectivity index (χ1) is 9.68. The summed E-state index contributed by atoms with van der Waals surface area (Å²) in [5, 5.41) is 7.86. The summed E-state index contributed by atoms with van der Waals surface area (Å²) in [6.45, 7) is 2.14. The summed E-state index contributed by atoms with van der Waals surface area (Å²) in [4.78, 5) is 12.0. The van der Waals surface area contributed by atoms with Crippen molar-refractivity contribution in [1.82, 2.24) is 5.32 Å². The average Bonchev–Trinajstić information content (AvgIpc) is 2.75. The van der Waals surface area contributed by atoms with Gasteiger partial charge in [0.2, 0.25) is 10.0 Å². The van der Waals surface area contributed by atoms with Crippen molar-refractivity contribution in [3.63, 3.8) is 0 Å². The summed E-state index contributed by atoms with van der Waals surface area (Å²) in [5.41, 5.74) is 0.106. The number of rotatable bonds is 3. The lowest BCUT2D eigenvalue weighted by atomic mass is 10.1. The summed E-state index contributed by atoms with van der Waals surface area (Å²) < 4.78 is 23.4. The lowest BCUT2D eigenvalue weighted by Crippen LogP contribution is -2.33. The summed E-state index contributed by atoms with van der Waals surface area (Å²) in [6, 6.07) is 2.87. The van der Waals surface area contributed by atoms with Crippen LogP contribution in [-0.4, -0.2) is 20.4 Å². The van der Waals surface area contributed by atoms with Gasteiger partial charge in [0.25, 0.3) is 5.91 Å². The number of carbonyl (C=O) groups is 1. The molecule has 8 heteroatoms. The maximum atomic E-state index is 12.3. The van der Waals surface area contributed by atoms with Gasteiger partial charge in [-0.15, -0.1) is 0 Å². The molecule has 0 bridgehead atoms. The number of hydrogen-bond donors (Lipinski definition) is 2. The van der Waals surface area contributed by atoms with Crippen LogP contribution in [0.3, 0.4) is 0 Å². The van der Waals surface area contributed by atoms with Crippen molar-refractivity contribution < 1.29 is 13.2 Å². The number of amides is 1. The summed E-state index contributed by atoms with van der Waals surface area (Å²) >= 11 is 9.21. The van der Waals surface area contributed by atoms with E-state index in [2.05, 4.69) is 28.2 Å². The molecule has 2 rings (SSSR count). The van der Waals surface area contributed by atoms with Crippen LogP contribution in [-0.2, 0) is 10.0 Å². The molecule has 1 aromatic rings. The lowest BCUT2D eigenvalue weighted by Gasteiger charge is -2.14. The maximum absolute atomic E-state index is 12.3. The fourth-order valence-corrected chi connectivity index (χ4v) is 4.32. The molecule has 2 unspecified atom stereocenters. The van der Waals surface area contributed by atoms with Crippen LogP contribution in [0.25, 0.3) is 0 Å². The molecule has 0 saturated heterocycles. The smallest absolute Gasteiger partial charge is 0.253 e. The second-order valence-corrected chi connectivity index (χ2v) is 8.22. The molecule has 0 heterocycles. The molecule has 0 radical (unpaired) electrons. The Labute approximate surface area is 137 Å². The number of primary sulfonamides is 1. The monoisotopic (exact) mass is 394 g/mol. The van der Waals surface area contributed by atoms with Crippen LogP contribution in [0.4, 0.5) is 0 Å². The van der Waals surface area contributed by atoms with E-state index >= 15 is 0 Å². The third-order valence-electron chi connectivity index (χ3n) is 3.59. The van der Waals surface area contributed by atoms with Crippen molar-refractivity contribution in [2.45, 2.75) is 37.1 Å². The number of sulfonamides is 1. The minimum absolute atomic E-state index is 0.0977. The van der Waals surface area contributed by atoms with E-state index in [1.54, 1.807) is 0 Å². The molecule has 5 nitrogen and oxygen atoms in total. The third-order valence-corrected chi connectivity index (χ3v) is 5.50. The largest absolute Gasteiger partial charge is 0.349 e. The van der Waals surface area contributed by atoms with Gasteiger partial charge in [0, 0.05) is 10.5 Å². The summed E-state index contributed by atoms with van der Waals surface area (Å²) in [5.74, 6) is 0.193. The second kappa shape index (κ2) is 6.24. The highest BCUT2D eigenvalue weighted by Crippen LogP contribution is 2.30. The molecule has 21 heavy (non-hydrogen) atoms. The average molecular weight is 396 g/mol. The molecule has 1 aromatic carbocycles. The van der Waals surface area contributed by atoms with Gasteiger partial charge in [0.05, 0.1) is 10.6 Å². The van der Waals surface area contributed by atoms with Gasteiger partial charge in [-0.2, -0.15) is 0 Å². The molecule has 1 fully saturated rings. The highest BCUT2D eigenvalue weighted by Gasteiger charge is 2.26. The Morgan fingerprint density at radius 1 is 1.43 bits per heavy atom. The third kappa shape index (κ3) is 3.97. The Morgan fingerprint density at radius 3 is 2.62 bits per heavy atom. The van der Waals surface area contributed by atoms with Gasteiger partial charge in [-0.25, -0.2) is 13.6 Å². The van der Waals surface area contributed by atoms with Crippen LogP contribution >= 0.6 is 27.5 Å². The first-order valence-corrected chi connectivity index (χ1v) is 9.23. The van der Waals surface area contributed by atoms with Crippen LogP contribution in [0, 0.1) is 5.92 Å². The zero-order chi connectivity index (χ0) is 15.8. The molecule has 1 saturated carbocycles. The standard InChI is InChI=1S/C13H16BrClN2O3S/c1-7-2-3-9(4-7)17-13(18)10-5-8(14)6-11(12(10)15)21(16,19)20/h5-7,9H,2-4H2,1H3,(H,17,18)(H2,16,19,20). The molecule has 1 amide bonds. The van der Waals surface area contributed by atoms with Gasteiger partial charge in [-0.1, -0.05) is 34.5 Å². The van der Waals surface area contributed by atoms with Crippen LogP contribution in [0.1, 0.15) is 36.5 Å². The van der Waals surface area contributed by atoms with Gasteiger partial charge < -0.3 is 5.32 Å². The van der Waals surface area contributed by atoms with Crippen molar-refractivity contribution in [1.29, 1.82) is 0 Å². The molecule has 2 atom stereocenters. The molecule has 3 N–H and O–H groups in total. The van der Waals surface area contributed by atoms with E-state index in [0.717, 1.165) is 19.3 Å². The number of benzene rings is 1.